The average Bonchev–Trinajstić information content (AvgIpc) is 2.24. The summed E-state index contributed by atoms with van der Waals surface area (Å²) in [4.78, 5) is 0. The molecule has 0 aliphatic heterocycles. The van der Waals surface area contributed by atoms with E-state index >= 15 is 0 Å². The van der Waals surface area contributed by atoms with Crippen molar-refractivity contribution in [3.63, 3.8) is 0 Å². The molecule has 1 nitrogen and oxygen atoms in total. The van der Waals surface area contributed by atoms with E-state index in [1.165, 1.54) is 51.0 Å². The van der Waals surface area contributed by atoms with Crippen molar-refractivity contribution in [2.75, 3.05) is 0 Å². The Morgan fingerprint density at radius 1 is 1.11 bits per heavy atom. The molecule has 0 spiro atoms. The molecular formula is C16H33OSi. The van der Waals surface area contributed by atoms with Crippen molar-refractivity contribution in [2.45, 2.75) is 91.0 Å². The van der Waals surface area contributed by atoms with E-state index in [-0.39, 0.29) is 0 Å². The minimum absolute atomic E-state index is 0.492. The minimum Gasteiger partial charge on any atom is -0.414 e. The highest BCUT2D eigenvalue weighted by molar-refractivity contribution is 6.71. The van der Waals surface area contributed by atoms with Gasteiger partial charge in [0.05, 0.1) is 0 Å². The first kappa shape index (κ1) is 16.2. The molecule has 1 aliphatic carbocycles. The predicted molar refractivity (Wildman–Crippen MR) is 83.2 cm³/mol. The van der Waals surface area contributed by atoms with Crippen LogP contribution in [0.5, 0.6) is 0 Å². The lowest BCUT2D eigenvalue weighted by Crippen LogP contribution is -2.36. The summed E-state index contributed by atoms with van der Waals surface area (Å²) in [7, 11) is -1.40. The number of unbranched alkanes of at least 4 members (excludes halogenated alkanes) is 1. The zero-order chi connectivity index (χ0) is 13.6. The van der Waals surface area contributed by atoms with Gasteiger partial charge in [-0.1, -0.05) is 33.6 Å². The highest BCUT2D eigenvalue weighted by atomic mass is 28.4. The Kier molecular flexibility index (Phi) is 6.39. The smallest absolute Gasteiger partial charge is 0.187 e. The molecular weight excluding hydrogens is 236 g/mol. The van der Waals surface area contributed by atoms with Crippen LogP contribution in [0.3, 0.4) is 0 Å². The summed E-state index contributed by atoms with van der Waals surface area (Å²) >= 11 is 0. The number of rotatable bonds is 6. The van der Waals surface area contributed by atoms with Crippen LogP contribution in [0, 0.1) is 11.8 Å². The van der Waals surface area contributed by atoms with E-state index in [4.69, 9.17) is 4.43 Å². The van der Waals surface area contributed by atoms with Crippen LogP contribution in [0.15, 0.2) is 0 Å². The number of hydrogen-bond acceptors (Lipinski definition) is 1. The summed E-state index contributed by atoms with van der Waals surface area (Å²) in [5.74, 6) is 0. The monoisotopic (exact) mass is 269 g/mol. The molecule has 0 atom stereocenters. The van der Waals surface area contributed by atoms with Crippen molar-refractivity contribution in [1.29, 1.82) is 0 Å². The van der Waals surface area contributed by atoms with E-state index in [0.717, 1.165) is 0 Å². The van der Waals surface area contributed by atoms with Crippen LogP contribution in [0.4, 0.5) is 0 Å². The lowest BCUT2D eigenvalue weighted by atomic mass is 9.90. The van der Waals surface area contributed by atoms with Gasteiger partial charge in [-0.2, -0.15) is 0 Å². The normalized spacial score (nSPS) is 19.2. The van der Waals surface area contributed by atoms with Crippen LogP contribution in [0.2, 0.25) is 19.1 Å². The third-order valence-electron chi connectivity index (χ3n) is 3.83. The topological polar surface area (TPSA) is 9.23 Å². The second kappa shape index (κ2) is 7.09. The molecule has 1 radical (unpaired) electrons. The van der Waals surface area contributed by atoms with Gasteiger partial charge in [0.15, 0.2) is 8.32 Å². The second-order valence-electron chi connectivity index (χ2n) is 7.71. The predicted octanol–water partition coefficient (Wildman–Crippen LogP) is 5.57. The van der Waals surface area contributed by atoms with Gasteiger partial charge in [-0.25, -0.2) is 0 Å². The quantitative estimate of drug-likeness (QED) is 0.452. The van der Waals surface area contributed by atoms with Gasteiger partial charge in [-0.05, 0) is 63.1 Å². The second-order valence-corrected chi connectivity index (χ2v) is 12.0. The van der Waals surface area contributed by atoms with E-state index in [1.54, 1.807) is 0 Å². The molecule has 0 aromatic rings. The Balaban J connectivity index is 2.18. The number of hydrogen-bond donors (Lipinski definition) is 0. The standard InChI is InChI=1S/C16H33OSi/c1-16(2,3)13-9-10-14-18(4,5)17-15-11-7-6-8-12-15/h6,15H,7-14H2,1-5H3. The molecule has 1 saturated carbocycles. The molecule has 0 N–H and O–H groups in total. The maximum absolute atomic E-state index is 6.43. The van der Waals surface area contributed by atoms with E-state index in [9.17, 15) is 0 Å². The lowest BCUT2D eigenvalue weighted by molar-refractivity contribution is 0.157. The molecule has 0 aromatic carbocycles. The summed E-state index contributed by atoms with van der Waals surface area (Å²) in [6, 6.07) is 1.34. The van der Waals surface area contributed by atoms with Crippen molar-refractivity contribution in [3.05, 3.63) is 6.42 Å². The van der Waals surface area contributed by atoms with Gasteiger partial charge in [0.1, 0.15) is 0 Å². The zero-order valence-electron chi connectivity index (χ0n) is 13.2. The van der Waals surface area contributed by atoms with E-state index in [2.05, 4.69) is 40.3 Å². The molecule has 2 heteroatoms. The molecule has 0 saturated heterocycles. The van der Waals surface area contributed by atoms with Gasteiger partial charge >= 0.3 is 0 Å². The Bertz CT molecular complexity index is 224. The first-order chi connectivity index (χ1) is 8.29. The molecule has 1 fully saturated rings. The van der Waals surface area contributed by atoms with Gasteiger partial charge in [-0.15, -0.1) is 0 Å². The van der Waals surface area contributed by atoms with E-state index in [1.807, 2.05) is 0 Å². The molecule has 1 rings (SSSR count). The summed E-state index contributed by atoms with van der Waals surface area (Å²) in [5.41, 5.74) is 0.492. The SMILES string of the molecule is CC(C)(C)CCCC[Si](C)(C)OC1CC[CH]CC1. The van der Waals surface area contributed by atoms with Crippen molar-refractivity contribution in [2.24, 2.45) is 5.41 Å². The maximum Gasteiger partial charge on any atom is 0.187 e. The fourth-order valence-electron chi connectivity index (χ4n) is 2.73. The average molecular weight is 270 g/mol. The van der Waals surface area contributed by atoms with Crippen molar-refractivity contribution in [3.8, 4) is 0 Å². The fraction of sp³-hybridized carbons (Fsp3) is 0.938. The fourth-order valence-corrected chi connectivity index (χ4v) is 5.09. The molecule has 0 bridgehead atoms. The Morgan fingerprint density at radius 3 is 2.28 bits per heavy atom. The van der Waals surface area contributed by atoms with Gasteiger partial charge in [-0.3, -0.25) is 0 Å². The summed E-state index contributed by atoms with van der Waals surface area (Å²) < 4.78 is 6.43. The van der Waals surface area contributed by atoms with Crippen molar-refractivity contribution < 1.29 is 4.43 Å². The van der Waals surface area contributed by atoms with Gasteiger partial charge in [0.2, 0.25) is 0 Å². The van der Waals surface area contributed by atoms with Crippen LogP contribution in [-0.2, 0) is 4.43 Å². The first-order valence-corrected chi connectivity index (χ1v) is 10.9. The van der Waals surface area contributed by atoms with Crippen LogP contribution in [0.25, 0.3) is 0 Å². The molecule has 18 heavy (non-hydrogen) atoms. The Labute approximate surface area is 116 Å². The van der Waals surface area contributed by atoms with Gasteiger partial charge in [0.25, 0.3) is 0 Å². The van der Waals surface area contributed by atoms with Crippen LogP contribution in [0.1, 0.15) is 65.7 Å². The molecule has 0 aromatic heterocycles. The molecule has 1 aliphatic rings. The van der Waals surface area contributed by atoms with Crippen LogP contribution < -0.4 is 0 Å². The zero-order valence-corrected chi connectivity index (χ0v) is 14.2. The largest absolute Gasteiger partial charge is 0.414 e. The summed E-state index contributed by atoms with van der Waals surface area (Å²) in [5, 5.41) is 0. The maximum atomic E-state index is 6.43. The molecule has 0 heterocycles. The highest BCUT2D eigenvalue weighted by Crippen LogP contribution is 2.27. The van der Waals surface area contributed by atoms with E-state index < -0.39 is 8.32 Å². The third-order valence-corrected chi connectivity index (χ3v) is 6.36. The Morgan fingerprint density at radius 2 is 1.72 bits per heavy atom. The van der Waals surface area contributed by atoms with Gasteiger partial charge in [0, 0.05) is 6.10 Å². The third kappa shape index (κ3) is 7.58. The van der Waals surface area contributed by atoms with Gasteiger partial charge < -0.3 is 4.43 Å². The lowest BCUT2D eigenvalue weighted by Gasteiger charge is -2.32. The minimum atomic E-state index is -1.40. The van der Waals surface area contributed by atoms with E-state index in [0.29, 0.717) is 11.5 Å². The first-order valence-electron chi connectivity index (χ1n) is 7.78. The van der Waals surface area contributed by atoms with Crippen LogP contribution >= 0.6 is 0 Å². The molecule has 0 amide bonds. The Hall–Kier alpha value is 0.177. The van der Waals surface area contributed by atoms with Crippen molar-refractivity contribution in [1.82, 2.24) is 0 Å². The summed E-state index contributed by atoms with van der Waals surface area (Å²) in [6.45, 7) is 11.8. The molecule has 107 valence electrons. The van der Waals surface area contributed by atoms with Crippen molar-refractivity contribution >= 4 is 8.32 Å². The molecule has 0 unspecified atom stereocenters. The summed E-state index contributed by atoms with van der Waals surface area (Å²) in [6.07, 6.45) is 12.1. The van der Waals surface area contributed by atoms with Crippen LogP contribution in [-0.4, -0.2) is 14.4 Å². The highest BCUT2D eigenvalue weighted by Gasteiger charge is 2.27.